The van der Waals surface area contributed by atoms with Crippen molar-refractivity contribution in [2.24, 2.45) is 0 Å². The second kappa shape index (κ2) is 7.85. The van der Waals surface area contributed by atoms with Crippen molar-refractivity contribution in [2.45, 2.75) is 19.5 Å². The van der Waals surface area contributed by atoms with Crippen molar-refractivity contribution >= 4 is 10.8 Å². The highest BCUT2D eigenvalue weighted by atomic mass is 16.3. The molecule has 0 saturated carbocycles. The van der Waals surface area contributed by atoms with E-state index in [1.54, 1.807) is 6.07 Å². The van der Waals surface area contributed by atoms with Crippen molar-refractivity contribution in [3.05, 3.63) is 72.1 Å². The van der Waals surface area contributed by atoms with Crippen LogP contribution in [0.25, 0.3) is 10.8 Å². The van der Waals surface area contributed by atoms with Crippen LogP contribution in [0.5, 0.6) is 5.75 Å². The molecule has 0 unspecified atom stereocenters. The zero-order valence-corrected chi connectivity index (χ0v) is 15.0. The van der Waals surface area contributed by atoms with E-state index in [1.807, 2.05) is 24.5 Å². The predicted octanol–water partition coefficient (Wildman–Crippen LogP) is 3.65. The topological polar surface area (TPSA) is 39.6 Å². The van der Waals surface area contributed by atoms with Gasteiger partial charge in [0.1, 0.15) is 5.75 Å². The SMILES string of the molecule is Oc1ccc2cc(CN3CCCN(Cc4ccncc4)CC3)ccc2c1. The van der Waals surface area contributed by atoms with E-state index in [1.165, 1.54) is 22.9 Å². The fourth-order valence-electron chi connectivity index (χ4n) is 3.73. The molecule has 1 fully saturated rings. The van der Waals surface area contributed by atoms with Crippen molar-refractivity contribution in [3.8, 4) is 5.75 Å². The number of nitrogens with zero attached hydrogens (tertiary/aromatic N) is 3. The third-order valence-corrected chi connectivity index (χ3v) is 5.13. The first-order chi connectivity index (χ1) is 12.8. The Bertz CT molecular complexity index is 866. The number of pyridine rings is 1. The smallest absolute Gasteiger partial charge is 0.116 e. The Hall–Kier alpha value is -2.43. The van der Waals surface area contributed by atoms with Gasteiger partial charge in [-0.3, -0.25) is 14.8 Å². The van der Waals surface area contributed by atoms with Gasteiger partial charge in [-0.2, -0.15) is 0 Å². The number of benzene rings is 2. The lowest BCUT2D eigenvalue weighted by atomic mass is 10.1. The summed E-state index contributed by atoms with van der Waals surface area (Å²) in [7, 11) is 0. The van der Waals surface area contributed by atoms with Gasteiger partial charge in [-0.05, 0) is 71.7 Å². The third kappa shape index (κ3) is 4.21. The summed E-state index contributed by atoms with van der Waals surface area (Å²) in [6.07, 6.45) is 4.95. The Morgan fingerprint density at radius 3 is 2.15 bits per heavy atom. The second-order valence-corrected chi connectivity index (χ2v) is 7.13. The summed E-state index contributed by atoms with van der Waals surface area (Å²) >= 11 is 0. The fraction of sp³-hybridized carbons (Fsp3) is 0.318. The van der Waals surface area contributed by atoms with Crippen LogP contribution in [0.4, 0.5) is 0 Å². The quantitative estimate of drug-likeness (QED) is 0.782. The Labute approximate surface area is 154 Å². The molecule has 0 spiro atoms. The molecule has 0 amide bonds. The number of phenolic OH excluding ortho intramolecular Hbond substituents is 1. The van der Waals surface area contributed by atoms with Gasteiger partial charge in [0.25, 0.3) is 0 Å². The zero-order chi connectivity index (χ0) is 17.8. The molecular weight excluding hydrogens is 322 g/mol. The lowest BCUT2D eigenvalue weighted by Gasteiger charge is -2.22. The number of phenols is 1. The molecular formula is C22H25N3O. The molecule has 2 heterocycles. The van der Waals surface area contributed by atoms with E-state index < -0.39 is 0 Å². The highest BCUT2D eigenvalue weighted by molar-refractivity contribution is 5.84. The summed E-state index contributed by atoms with van der Waals surface area (Å²) < 4.78 is 0. The van der Waals surface area contributed by atoms with E-state index in [0.29, 0.717) is 5.75 Å². The number of aromatic nitrogens is 1. The third-order valence-electron chi connectivity index (χ3n) is 5.13. The lowest BCUT2D eigenvalue weighted by Crippen LogP contribution is -2.30. The molecule has 0 bridgehead atoms. The predicted molar refractivity (Wildman–Crippen MR) is 105 cm³/mol. The van der Waals surface area contributed by atoms with Gasteiger partial charge in [-0.15, -0.1) is 0 Å². The first-order valence-corrected chi connectivity index (χ1v) is 9.31. The minimum atomic E-state index is 0.326. The van der Waals surface area contributed by atoms with Crippen molar-refractivity contribution in [3.63, 3.8) is 0 Å². The molecule has 134 valence electrons. The van der Waals surface area contributed by atoms with Crippen molar-refractivity contribution in [1.82, 2.24) is 14.8 Å². The number of fused-ring (bicyclic) bond motifs is 1. The van der Waals surface area contributed by atoms with Crippen LogP contribution in [-0.2, 0) is 13.1 Å². The molecule has 0 atom stereocenters. The van der Waals surface area contributed by atoms with Crippen molar-refractivity contribution < 1.29 is 5.11 Å². The first-order valence-electron chi connectivity index (χ1n) is 9.31. The molecule has 1 aliphatic heterocycles. The molecule has 4 heteroatoms. The second-order valence-electron chi connectivity index (χ2n) is 7.13. The zero-order valence-electron chi connectivity index (χ0n) is 15.0. The molecule has 4 rings (SSSR count). The molecule has 0 radical (unpaired) electrons. The van der Waals surface area contributed by atoms with Gasteiger partial charge in [-0.25, -0.2) is 0 Å². The van der Waals surface area contributed by atoms with Crippen LogP contribution in [0.1, 0.15) is 17.5 Å². The van der Waals surface area contributed by atoms with E-state index in [4.69, 9.17) is 0 Å². The van der Waals surface area contributed by atoms with Crippen LogP contribution in [0.2, 0.25) is 0 Å². The summed E-state index contributed by atoms with van der Waals surface area (Å²) in [5.41, 5.74) is 2.68. The maximum Gasteiger partial charge on any atom is 0.116 e. The minimum Gasteiger partial charge on any atom is -0.508 e. The number of hydrogen-bond donors (Lipinski definition) is 1. The van der Waals surface area contributed by atoms with Crippen LogP contribution in [0, 0.1) is 0 Å². The Kier molecular flexibility index (Phi) is 5.14. The average molecular weight is 347 g/mol. The van der Waals surface area contributed by atoms with Gasteiger partial charge < -0.3 is 5.11 Å². The normalized spacial score (nSPS) is 16.6. The van der Waals surface area contributed by atoms with Gasteiger partial charge in [0.2, 0.25) is 0 Å². The molecule has 1 aliphatic rings. The molecule has 3 aromatic rings. The van der Waals surface area contributed by atoms with Crippen molar-refractivity contribution in [2.75, 3.05) is 26.2 Å². The highest BCUT2D eigenvalue weighted by Gasteiger charge is 2.15. The van der Waals surface area contributed by atoms with Gasteiger partial charge in [0, 0.05) is 38.6 Å². The van der Waals surface area contributed by atoms with Gasteiger partial charge in [-0.1, -0.05) is 18.2 Å². The minimum absolute atomic E-state index is 0.326. The van der Waals surface area contributed by atoms with Crippen LogP contribution >= 0.6 is 0 Å². The van der Waals surface area contributed by atoms with E-state index in [-0.39, 0.29) is 0 Å². The number of aromatic hydroxyl groups is 1. The monoisotopic (exact) mass is 347 g/mol. The Morgan fingerprint density at radius 1 is 0.731 bits per heavy atom. The number of rotatable bonds is 4. The first kappa shape index (κ1) is 17.0. The lowest BCUT2D eigenvalue weighted by molar-refractivity contribution is 0.247. The summed E-state index contributed by atoms with van der Waals surface area (Å²) in [6.45, 7) is 6.48. The van der Waals surface area contributed by atoms with Crippen LogP contribution < -0.4 is 0 Å². The van der Waals surface area contributed by atoms with E-state index in [9.17, 15) is 5.11 Å². The van der Waals surface area contributed by atoms with Gasteiger partial charge in [0.15, 0.2) is 0 Å². The van der Waals surface area contributed by atoms with Crippen LogP contribution in [0.15, 0.2) is 60.9 Å². The maximum absolute atomic E-state index is 9.61. The summed E-state index contributed by atoms with van der Waals surface area (Å²) in [5, 5.41) is 11.9. The van der Waals surface area contributed by atoms with Gasteiger partial charge in [0.05, 0.1) is 0 Å². The Morgan fingerprint density at radius 2 is 1.38 bits per heavy atom. The molecule has 26 heavy (non-hydrogen) atoms. The fourth-order valence-corrected chi connectivity index (χ4v) is 3.73. The molecule has 2 aromatic carbocycles. The molecule has 4 nitrogen and oxygen atoms in total. The molecule has 1 aromatic heterocycles. The van der Waals surface area contributed by atoms with Crippen LogP contribution in [-0.4, -0.2) is 46.1 Å². The molecule has 1 N–H and O–H groups in total. The van der Waals surface area contributed by atoms with E-state index in [2.05, 4.69) is 45.1 Å². The van der Waals surface area contributed by atoms with Crippen molar-refractivity contribution in [1.29, 1.82) is 0 Å². The molecule has 1 saturated heterocycles. The standard InChI is InChI=1S/C22H25N3O/c26-22-5-4-20-14-19(2-3-21(20)15-22)17-25-11-1-10-24(12-13-25)16-18-6-8-23-9-7-18/h2-9,14-15,26H,1,10-13,16-17H2. The van der Waals surface area contributed by atoms with E-state index >= 15 is 0 Å². The summed E-state index contributed by atoms with van der Waals surface area (Å²) in [4.78, 5) is 9.19. The highest BCUT2D eigenvalue weighted by Crippen LogP contribution is 2.22. The average Bonchev–Trinajstić information content (AvgIpc) is 2.88. The largest absolute Gasteiger partial charge is 0.508 e. The number of hydrogen-bond acceptors (Lipinski definition) is 4. The Balaban J connectivity index is 1.38. The van der Waals surface area contributed by atoms with Gasteiger partial charge >= 0.3 is 0 Å². The molecule has 0 aliphatic carbocycles. The summed E-state index contributed by atoms with van der Waals surface area (Å²) in [6, 6.07) is 16.3. The maximum atomic E-state index is 9.61. The van der Waals surface area contributed by atoms with Crippen LogP contribution in [0.3, 0.4) is 0 Å². The van der Waals surface area contributed by atoms with E-state index in [0.717, 1.165) is 44.7 Å². The summed E-state index contributed by atoms with van der Waals surface area (Å²) in [5.74, 6) is 0.326.